The Morgan fingerprint density at radius 2 is 1.81 bits per heavy atom. The maximum absolute atomic E-state index is 10.4. The first-order chi connectivity index (χ1) is 7.50. The van der Waals surface area contributed by atoms with Crippen molar-refractivity contribution in [2.24, 2.45) is 5.92 Å². The number of hydrogen-bond donors (Lipinski definition) is 1. The Bertz CT molecular complexity index is 195. The molecule has 0 aliphatic heterocycles. The molecule has 0 amide bonds. The lowest BCUT2D eigenvalue weighted by atomic mass is 9.96. The van der Waals surface area contributed by atoms with Crippen molar-refractivity contribution in [3.05, 3.63) is 0 Å². The van der Waals surface area contributed by atoms with Crippen LogP contribution in [0.15, 0.2) is 0 Å². The Labute approximate surface area is 101 Å². The summed E-state index contributed by atoms with van der Waals surface area (Å²) in [5.74, 6) is 0.762. The molecule has 0 spiro atoms. The van der Waals surface area contributed by atoms with E-state index >= 15 is 0 Å². The van der Waals surface area contributed by atoms with Crippen LogP contribution in [0.3, 0.4) is 0 Å². The highest BCUT2D eigenvalue weighted by atomic mass is 16.3. The van der Waals surface area contributed by atoms with Gasteiger partial charge in [0.15, 0.2) is 0 Å². The van der Waals surface area contributed by atoms with E-state index in [9.17, 15) is 5.11 Å². The van der Waals surface area contributed by atoms with Crippen LogP contribution in [0.1, 0.15) is 59.8 Å². The summed E-state index contributed by atoms with van der Waals surface area (Å²) in [6.07, 6.45) is 5.66. The summed E-state index contributed by atoms with van der Waals surface area (Å²) < 4.78 is 0. The molecule has 0 bridgehead atoms. The summed E-state index contributed by atoms with van der Waals surface area (Å²) in [6.45, 7) is 10.8. The molecule has 1 saturated carbocycles. The van der Waals surface area contributed by atoms with Crippen LogP contribution in [-0.4, -0.2) is 34.7 Å². The molecule has 0 aromatic rings. The topological polar surface area (TPSA) is 23.5 Å². The third-order valence-corrected chi connectivity index (χ3v) is 3.87. The van der Waals surface area contributed by atoms with Gasteiger partial charge in [-0.1, -0.05) is 27.7 Å². The van der Waals surface area contributed by atoms with Crippen LogP contribution in [0, 0.1) is 5.92 Å². The van der Waals surface area contributed by atoms with Gasteiger partial charge in [0, 0.05) is 12.6 Å². The molecule has 96 valence electrons. The van der Waals surface area contributed by atoms with Crippen molar-refractivity contribution in [2.45, 2.75) is 71.4 Å². The van der Waals surface area contributed by atoms with Gasteiger partial charge >= 0.3 is 0 Å². The van der Waals surface area contributed by atoms with Gasteiger partial charge in [-0.25, -0.2) is 0 Å². The summed E-state index contributed by atoms with van der Waals surface area (Å²) in [4.78, 5) is 2.52. The Morgan fingerprint density at radius 1 is 1.25 bits per heavy atom. The molecule has 0 aromatic carbocycles. The molecule has 16 heavy (non-hydrogen) atoms. The highest BCUT2D eigenvalue weighted by molar-refractivity contribution is 4.89. The van der Waals surface area contributed by atoms with Crippen LogP contribution in [0.25, 0.3) is 0 Å². The fourth-order valence-corrected chi connectivity index (χ4v) is 2.11. The molecule has 2 heteroatoms. The molecule has 0 aromatic heterocycles. The van der Waals surface area contributed by atoms with Gasteiger partial charge in [-0.15, -0.1) is 0 Å². The predicted octanol–water partition coefficient (Wildman–Crippen LogP) is 3.05. The predicted molar refractivity (Wildman–Crippen MR) is 69.6 cm³/mol. The molecular formula is C14H29NO. The zero-order valence-electron chi connectivity index (χ0n) is 11.5. The Morgan fingerprint density at radius 3 is 2.19 bits per heavy atom. The molecular weight excluding hydrogens is 198 g/mol. The van der Waals surface area contributed by atoms with Crippen LogP contribution < -0.4 is 0 Å². The third kappa shape index (κ3) is 4.42. The lowest BCUT2D eigenvalue weighted by molar-refractivity contribution is -0.00672. The van der Waals surface area contributed by atoms with Crippen molar-refractivity contribution in [1.29, 1.82) is 0 Å². The second-order valence-electron chi connectivity index (χ2n) is 5.82. The van der Waals surface area contributed by atoms with E-state index in [0.717, 1.165) is 37.9 Å². The number of nitrogens with zero attached hydrogens (tertiary/aromatic N) is 1. The van der Waals surface area contributed by atoms with E-state index in [1.54, 1.807) is 0 Å². The molecule has 1 N–H and O–H groups in total. The summed E-state index contributed by atoms with van der Waals surface area (Å²) in [6, 6.07) is 0.767. The maximum atomic E-state index is 10.4. The minimum atomic E-state index is -0.459. The Kier molecular flexibility index (Phi) is 5.26. The molecule has 1 aliphatic carbocycles. The van der Waals surface area contributed by atoms with Crippen molar-refractivity contribution in [2.75, 3.05) is 13.1 Å². The first-order valence-electron chi connectivity index (χ1n) is 6.97. The average Bonchev–Trinajstić information content (AvgIpc) is 3.07. The molecule has 0 unspecified atom stereocenters. The van der Waals surface area contributed by atoms with Gasteiger partial charge in [-0.2, -0.15) is 0 Å². The molecule has 0 atom stereocenters. The first-order valence-corrected chi connectivity index (χ1v) is 6.97. The minimum Gasteiger partial charge on any atom is -0.389 e. The smallest absolute Gasteiger partial charge is 0.0769 e. The first kappa shape index (κ1) is 14.0. The molecule has 0 heterocycles. The normalized spacial score (nSPS) is 17.4. The van der Waals surface area contributed by atoms with E-state index < -0.39 is 5.60 Å². The zero-order chi connectivity index (χ0) is 12.2. The quantitative estimate of drug-likeness (QED) is 0.689. The fraction of sp³-hybridized carbons (Fsp3) is 1.00. The highest BCUT2D eigenvalue weighted by Gasteiger charge is 2.34. The number of aliphatic hydroxyl groups is 1. The van der Waals surface area contributed by atoms with E-state index in [2.05, 4.69) is 32.6 Å². The van der Waals surface area contributed by atoms with Crippen molar-refractivity contribution < 1.29 is 5.11 Å². The fourth-order valence-electron chi connectivity index (χ4n) is 2.11. The number of hydrogen-bond acceptors (Lipinski definition) is 2. The van der Waals surface area contributed by atoms with E-state index in [0.29, 0.717) is 0 Å². The van der Waals surface area contributed by atoms with Gasteiger partial charge in [-0.3, -0.25) is 4.90 Å². The van der Waals surface area contributed by atoms with Gasteiger partial charge in [0.2, 0.25) is 0 Å². The second-order valence-corrected chi connectivity index (χ2v) is 5.82. The van der Waals surface area contributed by atoms with E-state index in [1.807, 2.05) is 0 Å². The summed E-state index contributed by atoms with van der Waals surface area (Å²) in [7, 11) is 0. The molecule has 1 fully saturated rings. The molecule has 0 saturated heterocycles. The van der Waals surface area contributed by atoms with E-state index in [1.165, 1.54) is 19.3 Å². The van der Waals surface area contributed by atoms with Crippen molar-refractivity contribution in [3.63, 3.8) is 0 Å². The third-order valence-electron chi connectivity index (χ3n) is 3.87. The van der Waals surface area contributed by atoms with Crippen LogP contribution in [0.4, 0.5) is 0 Å². The summed E-state index contributed by atoms with van der Waals surface area (Å²) >= 11 is 0. The maximum Gasteiger partial charge on any atom is 0.0769 e. The Balaban J connectivity index is 2.43. The van der Waals surface area contributed by atoms with Crippen molar-refractivity contribution >= 4 is 0 Å². The van der Waals surface area contributed by atoms with Crippen LogP contribution in [0.2, 0.25) is 0 Å². The van der Waals surface area contributed by atoms with E-state index in [4.69, 9.17) is 0 Å². The zero-order valence-corrected chi connectivity index (χ0v) is 11.5. The monoisotopic (exact) mass is 227 g/mol. The standard InChI is InChI=1S/C14H29NO/c1-5-14(16,6-2)11-15(13-7-8-13)10-9-12(3)4/h12-13,16H,5-11H2,1-4H3. The summed E-state index contributed by atoms with van der Waals surface area (Å²) in [5.41, 5.74) is -0.459. The molecule has 0 radical (unpaired) electrons. The lowest BCUT2D eigenvalue weighted by Gasteiger charge is -2.33. The van der Waals surface area contributed by atoms with Crippen molar-refractivity contribution in [3.8, 4) is 0 Å². The lowest BCUT2D eigenvalue weighted by Crippen LogP contribution is -2.44. The summed E-state index contributed by atoms with van der Waals surface area (Å²) in [5, 5.41) is 10.4. The second kappa shape index (κ2) is 6.02. The van der Waals surface area contributed by atoms with Crippen LogP contribution in [-0.2, 0) is 0 Å². The van der Waals surface area contributed by atoms with Gasteiger partial charge < -0.3 is 5.11 Å². The van der Waals surface area contributed by atoms with Gasteiger partial charge in [-0.05, 0) is 44.6 Å². The van der Waals surface area contributed by atoms with E-state index in [-0.39, 0.29) is 0 Å². The van der Waals surface area contributed by atoms with Gasteiger partial charge in [0.1, 0.15) is 0 Å². The van der Waals surface area contributed by atoms with Gasteiger partial charge in [0.25, 0.3) is 0 Å². The van der Waals surface area contributed by atoms with Crippen molar-refractivity contribution in [1.82, 2.24) is 4.90 Å². The number of rotatable bonds is 8. The van der Waals surface area contributed by atoms with Crippen LogP contribution >= 0.6 is 0 Å². The minimum absolute atomic E-state index is 0.459. The average molecular weight is 227 g/mol. The van der Waals surface area contributed by atoms with Crippen LogP contribution in [0.5, 0.6) is 0 Å². The molecule has 1 aliphatic rings. The largest absolute Gasteiger partial charge is 0.389 e. The highest BCUT2D eigenvalue weighted by Crippen LogP contribution is 2.30. The SMILES string of the molecule is CCC(O)(CC)CN(CCC(C)C)C1CC1. The molecule has 2 nitrogen and oxygen atoms in total. The van der Waals surface area contributed by atoms with Gasteiger partial charge in [0.05, 0.1) is 5.60 Å². The Hall–Kier alpha value is -0.0800. The molecule has 1 rings (SSSR count).